The van der Waals surface area contributed by atoms with Gasteiger partial charge in [-0.05, 0) is 80.6 Å². The summed E-state index contributed by atoms with van der Waals surface area (Å²) in [6.07, 6.45) is 2.88. The van der Waals surface area contributed by atoms with E-state index < -0.39 is 0 Å². The summed E-state index contributed by atoms with van der Waals surface area (Å²) in [4.78, 5) is 31.1. The number of nitrogens with one attached hydrogen (secondary N) is 1. The quantitative estimate of drug-likeness (QED) is 0.587. The van der Waals surface area contributed by atoms with E-state index in [4.69, 9.17) is 4.98 Å². The van der Waals surface area contributed by atoms with E-state index in [0.717, 1.165) is 37.2 Å². The summed E-state index contributed by atoms with van der Waals surface area (Å²) in [6, 6.07) is 20.1. The van der Waals surface area contributed by atoms with Crippen LogP contribution in [0.2, 0.25) is 0 Å². The molecular weight excluding hydrogens is 410 g/mol. The zero-order chi connectivity index (χ0) is 23.4. The Labute approximate surface area is 195 Å². The number of rotatable bonds is 5. The summed E-state index contributed by atoms with van der Waals surface area (Å²) in [5.41, 5.74) is 7.27. The van der Waals surface area contributed by atoms with Gasteiger partial charge < -0.3 is 10.2 Å². The Morgan fingerprint density at radius 3 is 2.55 bits per heavy atom. The molecule has 1 aliphatic heterocycles. The molecule has 1 N–H and O–H groups in total. The molecule has 3 aromatic rings. The third-order valence-electron chi connectivity index (χ3n) is 6.10. The Bertz CT molecular complexity index is 1150. The van der Waals surface area contributed by atoms with Crippen LogP contribution < -0.4 is 5.32 Å². The summed E-state index contributed by atoms with van der Waals surface area (Å²) >= 11 is 0. The minimum atomic E-state index is -0.125. The molecule has 0 radical (unpaired) electrons. The van der Waals surface area contributed by atoms with Crippen molar-refractivity contribution < 1.29 is 9.59 Å². The number of hydrogen-bond acceptors (Lipinski definition) is 3. The van der Waals surface area contributed by atoms with Crippen LogP contribution in [0.5, 0.6) is 0 Å². The maximum Gasteiger partial charge on any atom is 0.253 e. The molecule has 1 atom stereocenters. The fourth-order valence-corrected chi connectivity index (χ4v) is 4.62. The van der Waals surface area contributed by atoms with E-state index in [1.165, 1.54) is 23.6 Å². The van der Waals surface area contributed by atoms with Crippen LogP contribution in [0.1, 0.15) is 64.1 Å². The lowest BCUT2D eigenvalue weighted by atomic mass is 9.92. The molecule has 2 aromatic carbocycles. The van der Waals surface area contributed by atoms with Crippen LogP contribution in [0.4, 0.5) is 5.69 Å². The van der Waals surface area contributed by atoms with Crippen molar-refractivity contribution in [2.75, 3.05) is 18.4 Å². The number of aryl methyl sites for hydroxylation is 2. The van der Waals surface area contributed by atoms with E-state index in [2.05, 4.69) is 48.6 Å². The molecule has 1 aromatic heterocycles. The number of carbonyl (C=O) groups is 2. The number of hydrogen-bond donors (Lipinski definition) is 1. The number of carbonyl (C=O) groups excluding carboxylic acids is 2. The minimum Gasteiger partial charge on any atom is -0.338 e. The predicted molar refractivity (Wildman–Crippen MR) is 132 cm³/mol. The predicted octanol–water partition coefficient (Wildman–Crippen LogP) is 5.27. The van der Waals surface area contributed by atoms with Crippen LogP contribution in [0.15, 0.2) is 60.7 Å². The standard InChI is InChI=1S/C28H31N3O2/c1-19-6-4-7-22(14-19)16-23-15-20(2)29-27(17-23)25-8-5-13-31(18-25)28(33)24-9-11-26(12-10-24)30-21(3)32/h4,6-7,9-12,14-15,17,25H,5,8,13,16,18H2,1-3H3,(H,30,32)/t25-/m0/s1. The van der Waals surface area contributed by atoms with Gasteiger partial charge in [0.25, 0.3) is 5.91 Å². The molecule has 0 aliphatic carbocycles. The molecule has 0 spiro atoms. The van der Waals surface area contributed by atoms with Crippen LogP contribution in [0, 0.1) is 13.8 Å². The fourth-order valence-electron chi connectivity index (χ4n) is 4.62. The van der Waals surface area contributed by atoms with Crippen LogP contribution in [-0.4, -0.2) is 34.8 Å². The first kappa shape index (κ1) is 22.7. The summed E-state index contributed by atoms with van der Waals surface area (Å²) in [7, 11) is 0. The lowest BCUT2D eigenvalue weighted by molar-refractivity contribution is -0.114. The Hall–Kier alpha value is -3.47. The second-order valence-electron chi connectivity index (χ2n) is 9.06. The van der Waals surface area contributed by atoms with Gasteiger partial charge in [0.2, 0.25) is 5.91 Å². The van der Waals surface area contributed by atoms with Gasteiger partial charge in [-0.1, -0.05) is 29.8 Å². The van der Waals surface area contributed by atoms with Gasteiger partial charge in [0.1, 0.15) is 0 Å². The highest BCUT2D eigenvalue weighted by molar-refractivity contribution is 5.95. The van der Waals surface area contributed by atoms with Crippen LogP contribution in [-0.2, 0) is 11.2 Å². The molecule has 0 bridgehead atoms. The van der Waals surface area contributed by atoms with Gasteiger partial charge in [-0.15, -0.1) is 0 Å². The van der Waals surface area contributed by atoms with Crippen molar-refractivity contribution in [1.29, 1.82) is 0 Å². The fraction of sp³-hybridized carbons (Fsp3) is 0.321. The van der Waals surface area contributed by atoms with E-state index in [1.807, 2.05) is 11.8 Å². The van der Waals surface area contributed by atoms with Crippen LogP contribution in [0.3, 0.4) is 0 Å². The molecule has 0 unspecified atom stereocenters. The minimum absolute atomic E-state index is 0.0294. The van der Waals surface area contributed by atoms with E-state index in [0.29, 0.717) is 17.8 Å². The second-order valence-corrected chi connectivity index (χ2v) is 9.06. The van der Waals surface area contributed by atoms with Crippen molar-refractivity contribution in [2.45, 2.75) is 46.0 Å². The first-order valence-electron chi connectivity index (χ1n) is 11.6. The van der Waals surface area contributed by atoms with Gasteiger partial charge in [0.05, 0.1) is 0 Å². The van der Waals surface area contributed by atoms with Crippen LogP contribution in [0.25, 0.3) is 0 Å². The van der Waals surface area contributed by atoms with Gasteiger partial charge >= 0.3 is 0 Å². The van der Waals surface area contributed by atoms with E-state index >= 15 is 0 Å². The topological polar surface area (TPSA) is 62.3 Å². The maximum absolute atomic E-state index is 13.1. The van der Waals surface area contributed by atoms with Crippen molar-refractivity contribution in [3.05, 3.63) is 94.3 Å². The van der Waals surface area contributed by atoms with Gasteiger partial charge in [0.15, 0.2) is 0 Å². The Morgan fingerprint density at radius 1 is 1.03 bits per heavy atom. The van der Waals surface area contributed by atoms with Crippen molar-refractivity contribution in [3.63, 3.8) is 0 Å². The molecule has 5 heteroatoms. The largest absolute Gasteiger partial charge is 0.338 e. The number of benzene rings is 2. The average molecular weight is 442 g/mol. The third-order valence-corrected chi connectivity index (χ3v) is 6.10. The van der Waals surface area contributed by atoms with Crippen molar-refractivity contribution >= 4 is 17.5 Å². The maximum atomic E-state index is 13.1. The highest BCUT2D eigenvalue weighted by Gasteiger charge is 2.26. The van der Waals surface area contributed by atoms with E-state index in [9.17, 15) is 9.59 Å². The molecule has 1 aliphatic rings. The normalized spacial score (nSPS) is 15.8. The van der Waals surface area contributed by atoms with Crippen LogP contribution >= 0.6 is 0 Å². The molecule has 2 heterocycles. The highest BCUT2D eigenvalue weighted by atomic mass is 16.2. The summed E-state index contributed by atoms with van der Waals surface area (Å²) < 4.78 is 0. The molecular formula is C28H31N3O2. The monoisotopic (exact) mass is 441 g/mol. The average Bonchev–Trinajstić information content (AvgIpc) is 2.78. The van der Waals surface area contributed by atoms with Gasteiger partial charge in [-0.3, -0.25) is 14.6 Å². The summed E-state index contributed by atoms with van der Waals surface area (Å²) in [5.74, 6) is 0.139. The number of pyridine rings is 1. The molecule has 5 nitrogen and oxygen atoms in total. The van der Waals surface area contributed by atoms with E-state index in [-0.39, 0.29) is 17.7 Å². The highest BCUT2D eigenvalue weighted by Crippen LogP contribution is 2.28. The van der Waals surface area contributed by atoms with Gasteiger partial charge in [-0.2, -0.15) is 0 Å². The second kappa shape index (κ2) is 9.99. The Morgan fingerprint density at radius 2 is 1.82 bits per heavy atom. The van der Waals surface area contributed by atoms with Gasteiger partial charge in [0, 0.05) is 48.6 Å². The number of nitrogens with zero attached hydrogens (tertiary/aromatic N) is 2. The molecule has 0 saturated carbocycles. The third kappa shape index (κ3) is 5.86. The molecule has 170 valence electrons. The van der Waals surface area contributed by atoms with E-state index in [1.54, 1.807) is 24.3 Å². The summed E-state index contributed by atoms with van der Waals surface area (Å²) in [6.45, 7) is 7.06. The Kier molecular flexibility index (Phi) is 6.87. The molecule has 2 amide bonds. The number of aromatic nitrogens is 1. The Balaban J connectivity index is 1.48. The molecule has 1 fully saturated rings. The lowest BCUT2D eigenvalue weighted by Gasteiger charge is -2.33. The molecule has 1 saturated heterocycles. The lowest BCUT2D eigenvalue weighted by Crippen LogP contribution is -2.39. The zero-order valence-corrected chi connectivity index (χ0v) is 19.6. The SMILES string of the molecule is CC(=O)Nc1ccc(C(=O)N2CCC[C@H](c3cc(Cc4cccc(C)c4)cc(C)n3)C2)cc1. The number of likely N-dealkylation sites (tertiary alicyclic amines) is 1. The number of amides is 2. The zero-order valence-electron chi connectivity index (χ0n) is 19.6. The van der Waals surface area contributed by atoms with Gasteiger partial charge in [-0.25, -0.2) is 0 Å². The number of piperidine rings is 1. The first-order chi connectivity index (χ1) is 15.9. The van der Waals surface area contributed by atoms with Crippen molar-refractivity contribution in [2.24, 2.45) is 0 Å². The summed E-state index contributed by atoms with van der Waals surface area (Å²) in [5, 5.41) is 2.74. The molecule has 4 rings (SSSR count). The molecule has 33 heavy (non-hydrogen) atoms. The number of anilines is 1. The first-order valence-corrected chi connectivity index (χ1v) is 11.6. The van der Waals surface area contributed by atoms with Crippen molar-refractivity contribution in [3.8, 4) is 0 Å². The smallest absolute Gasteiger partial charge is 0.253 e. The van der Waals surface area contributed by atoms with Crippen molar-refractivity contribution in [1.82, 2.24) is 9.88 Å².